The van der Waals surface area contributed by atoms with Crippen molar-refractivity contribution in [3.63, 3.8) is 0 Å². The Morgan fingerprint density at radius 1 is 0.919 bits per heavy atom. The van der Waals surface area contributed by atoms with Crippen molar-refractivity contribution in [2.75, 3.05) is 5.75 Å². The average molecular weight is 540 g/mol. The lowest BCUT2D eigenvalue weighted by Crippen LogP contribution is -2.28. The van der Waals surface area contributed by atoms with E-state index in [0.29, 0.717) is 11.1 Å². The summed E-state index contributed by atoms with van der Waals surface area (Å²) in [5.74, 6) is -0.530. The highest BCUT2D eigenvalue weighted by Crippen LogP contribution is 2.59. The van der Waals surface area contributed by atoms with Gasteiger partial charge in [0.2, 0.25) is 0 Å². The first-order valence-corrected chi connectivity index (χ1v) is 12.7. The SMILES string of the molecule is CCS(=O)(=O)c1cc(-c2ccc(C3(C(F)(F)F)CC3)cc2)cnc1-n1ncc2cnc(C(F)(F)F)cc21. The molecule has 5 rings (SSSR count). The van der Waals surface area contributed by atoms with Crippen molar-refractivity contribution in [2.24, 2.45) is 0 Å². The maximum atomic E-state index is 13.5. The topological polar surface area (TPSA) is 77.7 Å². The highest BCUT2D eigenvalue weighted by atomic mass is 32.2. The van der Waals surface area contributed by atoms with Crippen molar-refractivity contribution in [1.82, 2.24) is 19.7 Å². The molecule has 6 nitrogen and oxygen atoms in total. The van der Waals surface area contributed by atoms with Crippen molar-refractivity contribution in [1.29, 1.82) is 0 Å². The lowest BCUT2D eigenvalue weighted by atomic mass is 9.93. The van der Waals surface area contributed by atoms with Crippen LogP contribution in [0, 0.1) is 0 Å². The second-order valence-electron chi connectivity index (χ2n) is 8.79. The van der Waals surface area contributed by atoms with Crippen LogP contribution in [0.1, 0.15) is 31.0 Å². The number of alkyl halides is 6. The van der Waals surface area contributed by atoms with E-state index in [2.05, 4.69) is 15.1 Å². The Morgan fingerprint density at radius 3 is 2.16 bits per heavy atom. The van der Waals surface area contributed by atoms with E-state index in [0.717, 1.165) is 16.9 Å². The molecule has 0 amide bonds. The molecule has 0 spiro atoms. The zero-order chi connectivity index (χ0) is 26.8. The standard InChI is InChI=1S/C24H18F6N4O2S/c1-2-37(35,36)19-9-15(14-3-5-17(6-4-14)22(7-8-22)24(28,29)30)11-32-21(19)34-18-10-20(23(25,26)27)31-12-16(18)13-33-34/h3-6,9-13H,2,7-8H2,1H3. The smallest absolute Gasteiger partial charge is 0.251 e. The molecule has 0 aliphatic heterocycles. The van der Waals surface area contributed by atoms with Gasteiger partial charge < -0.3 is 0 Å². The number of benzene rings is 1. The molecule has 1 fully saturated rings. The quantitative estimate of drug-likeness (QED) is 0.295. The van der Waals surface area contributed by atoms with Crippen LogP contribution in [0.3, 0.4) is 0 Å². The Balaban J connectivity index is 1.61. The minimum Gasteiger partial charge on any atom is -0.251 e. The van der Waals surface area contributed by atoms with Crippen molar-refractivity contribution < 1.29 is 34.8 Å². The molecular weight excluding hydrogens is 522 g/mol. The molecule has 0 radical (unpaired) electrons. The zero-order valence-electron chi connectivity index (χ0n) is 19.1. The number of aromatic nitrogens is 4. The van der Waals surface area contributed by atoms with Gasteiger partial charge in [-0.2, -0.15) is 31.4 Å². The first-order chi connectivity index (χ1) is 17.3. The van der Waals surface area contributed by atoms with Gasteiger partial charge in [-0.25, -0.2) is 18.1 Å². The Kier molecular flexibility index (Phi) is 5.63. The highest BCUT2D eigenvalue weighted by molar-refractivity contribution is 7.91. The summed E-state index contributed by atoms with van der Waals surface area (Å²) in [5, 5.41) is 4.29. The van der Waals surface area contributed by atoms with E-state index in [-0.39, 0.29) is 45.8 Å². The number of nitrogens with zero attached hydrogens (tertiary/aromatic N) is 4. The Hall–Kier alpha value is -3.48. The average Bonchev–Trinajstić information content (AvgIpc) is 3.57. The van der Waals surface area contributed by atoms with Crippen LogP contribution in [0.2, 0.25) is 0 Å². The largest absolute Gasteiger partial charge is 0.433 e. The first kappa shape index (κ1) is 25.2. The van der Waals surface area contributed by atoms with Crippen molar-refractivity contribution in [3.05, 3.63) is 66.2 Å². The number of hydrogen-bond donors (Lipinski definition) is 0. The summed E-state index contributed by atoms with van der Waals surface area (Å²) in [4.78, 5) is 7.32. The van der Waals surface area contributed by atoms with E-state index in [1.165, 1.54) is 49.6 Å². The third kappa shape index (κ3) is 4.24. The third-order valence-corrected chi connectivity index (χ3v) is 8.29. The van der Waals surface area contributed by atoms with Gasteiger partial charge in [-0.3, -0.25) is 4.98 Å². The van der Waals surface area contributed by atoms with Crippen molar-refractivity contribution in [2.45, 2.75) is 42.4 Å². The molecule has 194 valence electrons. The summed E-state index contributed by atoms with van der Waals surface area (Å²) < 4.78 is 107. The summed E-state index contributed by atoms with van der Waals surface area (Å²) in [6.07, 6.45) is -5.55. The maximum absolute atomic E-state index is 13.5. The third-order valence-electron chi connectivity index (χ3n) is 6.55. The van der Waals surface area contributed by atoms with Crippen LogP contribution in [0.25, 0.3) is 27.8 Å². The van der Waals surface area contributed by atoms with Crippen LogP contribution >= 0.6 is 0 Å². The van der Waals surface area contributed by atoms with Crippen LogP contribution in [-0.4, -0.2) is 40.1 Å². The molecular formula is C24H18F6N4O2S. The monoisotopic (exact) mass is 540 g/mol. The van der Waals surface area contributed by atoms with Crippen LogP contribution in [-0.2, 0) is 21.4 Å². The van der Waals surface area contributed by atoms with Gasteiger partial charge in [-0.15, -0.1) is 0 Å². The number of rotatable bonds is 5. The summed E-state index contributed by atoms with van der Waals surface area (Å²) >= 11 is 0. The highest BCUT2D eigenvalue weighted by Gasteiger charge is 2.64. The Morgan fingerprint density at radius 2 is 1.59 bits per heavy atom. The molecule has 0 saturated heterocycles. The fraction of sp³-hybridized carbons (Fsp3) is 0.292. The summed E-state index contributed by atoms with van der Waals surface area (Å²) in [5.41, 5.74) is -2.19. The molecule has 0 atom stereocenters. The zero-order valence-corrected chi connectivity index (χ0v) is 19.9. The Bertz CT molecular complexity index is 1610. The van der Waals surface area contributed by atoms with E-state index >= 15 is 0 Å². The number of halogens is 6. The van der Waals surface area contributed by atoms with Gasteiger partial charge in [-0.1, -0.05) is 31.2 Å². The number of sulfone groups is 1. The minimum atomic E-state index is -4.73. The summed E-state index contributed by atoms with van der Waals surface area (Å²) in [6, 6.07) is 7.71. The predicted octanol–water partition coefficient (Wildman–Crippen LogP) is 5.89. The van der Waals surface area contributed by atoms with Crippen LogP contribution < -0.4 is 0 Å². The molecule has 4 aromatic rings. The second-order valence-corrected chi connectivity index (χ2v) is 11.0. The minimum absolute atomic E-state index is 0.00832. The van der Waals surface area contributed by atoms with Gasteiger partial charge in [0.25, 0.3) is 0 Å². The molecule has 1 saturated carbocycles. The van der Waals surface area contributed by atoms with Gasteiger partial charge in [0.1, 0.15) is 10.6 Å². The van der Waals surface area contributed by atoms with Crippen LogP contribution in [0.15, 0.2) is 59.9 Å². The fourth-order valence-corrected chi connectivity index (χ4v) is 5.26. The molecule has 1 aromatic carbocycles. The predicted molar refractivity (Wildman–Crippen MR) is 122 cm³/mol. The summed E-state index contributed by atoms with van der Waals surface area (Å²) in [6.45, 7) is 1.40. The van der Waals surface area contributed by atoms with Crippen LogP contribution in [0.5, 0.6) is 0 Å². The Labute approximate surface area is 206 Å². The van der Waals surface area contributed by atoms with Crippen molar-refractivity contribution in [3.8, 4) is 16.9 Å². The molecule has 0 N–H and O–H groups in total. The molecule has 1 aliphatic rings. The van der Waals surface area contributed by atoms with E-state index in [1.54, 1.807) is 0 Å². The number of fused-ring (bicyclic) bond motifs is 1. The van der Waals surface area contributed by atoms with Gasteiger partial charge >= 0.3 is 12.4 Å². The molecule has 37 heavy (non-hydrogen) atoms. The van der Waals surface area contributed by atoms with E-state index in [1.807, 2.05) is 0 Å². The molecule has 0 bridgehead atoms. The molecule has 3 heterocycles. The van der Waals surface area contributed by atoms with Gasteiger partial charge in [0.15, 0.2) is 15.7 Å². The molecule has 13 heteroatoms. The van der Waals surface area contributed by atoms with Gasteiger partial charge in [-0.05, 0) is 36.1 Å². The number of hydrogen-bond acceptors (Lipinski definition) is 5. The van der Waals surface area contributed by atoms with Gasteiger partial charge in [0.05, 0.1) is 22.9 Å². The fourth-order valence-electron chi connectivity index (χ4n) is 4.23. The lowest BCUT2D eigenvalue weighted by Gasteiger charge is -2.20. The first-order valence-electron chi connectivity index (χ1n) is 11.1. The second kappa shape index (κ2) is 8.27. The van der Waals surface area contributed by atoms with Crippen LogP contribution in [0.4, 0.5) is 26.3 Å². The van der Waals surface area contributed by atoms with E-state index in [4.69, 9.17) is 0 Å². The van der Waals surface area contributed by atoms with E-state index < -0.39 is 33.3 Å². The molecule has 3 aromatic heterocycles. The van der Waals surface area contributed by atoms with Gasteiger partial charge in [0, 0.05) is 23.3 Å². The van der Waals surface area contributed by atoms with Crippen molar-refractivity contribution >= 4 is 20.7 Å². The van der Waals surface area contributed by atoms with E-state index in [9.17, 15) is 34.8 Å². The lowest BCUT2D eigenvalue weighted by molar-refractivity contribution is -0.160. The molecule has 0 unspecified atom stereocenters. The number of pyridine rings is 2. The normalized spacial score (nSPS) is 15.8. The summed E-state index contributed by atoms with van der Waals surface area (Å²) in [7, 11) is -3.94. The molecule has 1 aliphatic carbocycles. The maximum Gasteiger partial charge on any atom is 0.433 e.